The Hall–Kier alpha value is -3.92. The topological polar surface area (TPSA) is 58.9 Å². The lowest BCUT2D eigenvalue weighted by atomic mass is 9.80. The number of hydrogen-bond donors (Lipinski definition) is 0. The predicted octanol–water partition coefficient (Wildman–Crippen LogP) is 4.86. The average Bonchev–Trinajstić information content (AvgIpc) is 3.07. The van der Waals surface area contributed by atoms with Gasteiger partial charge in [-0.05, 0) is 17.2 Å². The molecule has 1 aliphatic carbocycles. The van der Waals surface area contributed by atoms with Crippen molar-refractivity contribution in [2.45, 2.75) is 5.92 Å². The number of benzene rings is 3. The summed E-state index contributed by atoms with van der Waals surface area (Å²) >= 11 is 0. The molecule has 0 aliphatic heterocycles. The van der Waals surface area contributed by atoms with Gasteiger partial charge < -0.3 is 0 Å². The molecule has 0 N–H and O–H groups in total. The van der Waals surface area contributed by atoms with E-state index in [4.69, 9.17) is 0 Å². The molecule has 0 saturated heterocycles. The van der Waals surface area contributed by atoms with Crippen LogP contribution in [0.3, 0.4) is 0 Å². The first-order valence-electron chi connectivity index (χ1n) is 9.71. The summed E-state index contributed by atoms with van der Waals surface area (Å²) in [6.45, 7) is 3.59. The van der Waals surface area contributed by atoms with Crippen LogP contribution in [0.2, 0.25) is 0 Å². The lowest BCUT2D eigenvalue weighted by Gasteiger charge is -2.20. The smallest absolute Gasteiger partial charge is 0.180 e. The van der Waals surface area contributed by atoms with Crippen LogP contribution in [0.25, 0.3) is 0 Å². The van der Waals surface area contributed by atoms with E-state index in [2.05, 4.69) is 16.8 Å². The maximum atomic E-state index is 13.9. The van der Waals surface area contributed by atoms with E-state index < -0.39 is 11.8 Å². The van der Waals surface area contributed by atoms with E-state index in [0.29, 0.717) is 16.8 Å². The van der Waals surface area contributed by atoms with E-state index in [9.17, 15) is 9.59 Å². The predicted molar refractivity (Wildman–Crippen MR) is 119 cm³/mol. The quantitative estimate of drug-likeness (QED) is 0.342. The van der Waals surface area contributed by atoms with Gasteiger partial charge in [-0.3, -0.25) is 9.59 Å². The third kappa shape index (κ3) is 3.55. The minimum Gasteiger partial charge on any atom is -0.297 e. The number of fused-ring (bicyclic) bond motifs is 1. The minimum atomic E-state index is -1.00. The summed E-state index contributed by atoms with van der Waals surface area (Å²) < 4.78 is 0. The molecular formula is C26H20N2O2. The van der Waals surface area contributed by atoms with Crippen LogP contribution in [-0.2, 0) is 4.79 Å². The molecule has 4 rings (SSSR count). The number of allylic oxidation sites excluding steroid dienone is 1. The first kappa shape index (κ1) is 19.4. The minimum absolute atomic E-state index is 0.207. The normalized spacial score (nSPS) is 16.9. The van der Waals surface area contributed by atoms with Crippen LogP contribution in [0.15, 0.2) is 108 Å². The van der Waals surface area contributed by atoms with Gasteiger partial charge in [0.2, 0.25) is 0 Å². The van der Waals surface area contributed by atoms with Gasteiger partial charge in [0.25, 0.3) is 0 Å². The second-order valence-electron chi connectivity index (χ2n) is 6.99. The van der Waals surface area contributed by atoms with E-state index in [0.717, 1.165) is 11.1 Å². The first-order valence-corrected chi connectivity index (χ1v) is 9.71. The average molecular weight is 392 g/mol. The van der Waals surface area contributed by atoms with Crippen molar-refractivity contribution in [2.75, 3.05) is 0 Å². The van der Waals surface area contributed by atoms with Crippen LogP contribution in [0.5, 0.6) is 0 Å². The van der Waals surface area contributed by atoms with Crippen molar-refractivity contribution < 1.29 is 9.59 Å². The van der Waals surface area contributed by atoms with Crippen LogP contribution < -0.4 is 0 Å². The first-order chi connectivity index (χ1) is 14.7. The molecule has 0 radical (unpaired) electrons. The van der Waals surface area contributed by atoms with E-state index in [1.807, 2.05) is 72.8 Å². The highest BCUT2D eigenvalue weighted by Crippen LogP contribution is 2.35. The fourth-order valence-electron chi connectivity index (χ4n) is 3.85. The summed E-state index contributed by atoms with van der Waals surface area (Å²) in [5, 5.41) is 8.23. The zero-order valence-corrected chi connectivity index (χ0v) is 16.3. The molecule has 4 heteroatoms. The SMILES string of the molecule is C=C/C=N/N=C1/c2ccccc2C(=O)C1C(=O)C(c1ccccc1)c1ccccc1. The van der Waals surface area contributed by atoms with Gasteiger partial charge in [-0.1, -0.05) is 91.5 Å². The fourth-order valence-corrected chi connectivity index (χ4v) is 3.85. The monoisotopic (exact) mass is 392 g/mol. The Morgan fingerprint density at radius 2 is 1.37 bits per heavy atom. The summed E-state index contributed by atoms with van der Waals surface area (Å²) in [4.78, 5) is 27.2. The lowest BCUT2D eigenvalue weighted by Crippen LogP contribution is -2.31. The molecule has 0 heterocycles. The lowest BCUT2D eigenvalue weighted by molar-refractivity contribution is -0.120. The van der Waals surface area contributed by atoms with Crippen molar-refractivity contribution in [3.8, 4) is 0 Å². The summed E-state index contributed by atoms with van der Waals surface area (Å²) in [5.41, 5.74) is 3.22. The van der Waals surface area contributed by atoms with E-state index >= 15 is 0 Å². The third-order valence-corrected chi connectivity index (χ3v) is 5.18. The number of ketones is 2. The Labute approximate surface area is 175 Å². The van der Waals surface area contributed by atoms with Crippen molar-refractivity contribution >= 4 is 23.5 Å². The van der Waals surface area contributed by atoms with Gasteiger partial charge in [-0.15, -0.1) is 0 Å². The molecular weight excluding hydrogens is 372 g/mol. The van der Waals surface area contributed by atoms with Gasteiger partial charge in [-0.2, -0.15) is 10.2 Å². The number of Topliss-reactive ketones (excluding diaryl/α,β-unsaturated/α-hetero) is 2. The van der Waals surface area contributed by atoms with E-state index in [1.165, 1.54) is 12.3 Å². The highest BCUT2D eigenvalue weighted by Gasteiger charge is 2.44. The largest absolute Gasteiger partial charge is 0.297 e. The van der Waals surface area contributed by atoms with Crippen LogP contribution in [-0.4, -0.2) is 23.5 Å². The van der Waals surface area contributed by atoms with Gasteiger partial charge in [0, 0.05) is 17.3 Å². The Morgan fingerprint density at radius 1 is 0.833 bits per heavy atom. The van der Waals surface area contributed by atoms with Gasteiger partial charge in [0.1, 0.15) is 5.92 Å². The standard InChI is InChI=1S/C26H20N2O2/c1-2-17-27-28-24-20-15-9-10-16-21(20)25(29)23(24)26(30)22(18-11-5-3-6-12-18)19-13-7-4-8-14-19/h2-17,22-23H,1H2/b27-17+,28-24-. The molecule has 1 atom stereocenters. The number of rotatable bonds is 6. The van der Waals surface area contributed by atoms with Crippen LogP contribution in [0.4, 0.5) is 0 Å². The molecule has 0 bridgehead atoms. The molecule has 1 unspecified atom stereocenters. The van der Waals surface area contributed by atoms with Gasteiger partial charge in [0.15, 0.2) is 11.6 Å². The highest BCUT2D eigenvalue weighted by atomic mass is 16.2. The van der Waals surface area contributed by atoms with Crippen LogP contribution in [0.1, 0.15) is 33.0 Å². The number of carbonyl (C=O) groups excluding carboxylic acids is 2. The maximum Gasteiger partial charge on any atom is 0.180 e. The number of nitrogens with zero attached hydrogens (tertiary/aromatic N) is 2. The number of carbonyl (C=O) groups is 2. The molecule has 0 spiro atoms. The van der Waals surface area contributed by atoms with Gasteiger partial charge in [-0.25, -0.2) is 0 Å². The number of hydrogen-bond acceptors (Lipinski definition) is 4. The molecule has 30 heavy (non-hydrogen) atoms. The van der Waals surface area contributed by atoms with E-state index in [-0.39, 0.29) is 11.6 Å². The van der Waals surface area contributed by atoms with E-state index in [1.54, 1.807) is 12.1 Å². The fraction of sp³-hybridized carbons (Fsp3) is 0.0769. The van der Waals surface area contributed by atoms with Crippen molar-refractivity contribution in [1.29, 1.82) is 0 Å². The summed E-state index contributed by atoms with van der Waals surface area (Å²) in [7, 11) is 0. The molecule has 0 amide bonds. The van der Waals surface area contributed by atoms with Gasteiger partial charge >= 0.3 is 0 Å². The summed E-state index contributed by atoms with van der Waals surface area (Å²) in [6.07, 6.45) is 2.94. The maximum absolute atomic E-state index is 13.9. The molecule has 0 fully saturated rings. The Bertz CT molecular complexity index is 1110. The molecule has 4 nitrogen and oxygen atoms in total. The molecule has 1 aliphatic rings. The van der Waals surface area contributed by atoms with Gasteiger partial charge in [0.05, 0.1) is 11.6 Å². The second-order valence-corrected chi connectivity index (χ2v) is 6.99. The molecule has 146 valence electrons. The van der Waals surface area contributed by atoms with Crippen molar-refractivity contribution in [3.63, 3.8) is 0 Å². The Morgan fingerprint density at radius 3 is 1.93 bits per heavy atom. The molecule has 3 aromatic rings. The Balaban J connectivity index is 1.84. The highest BCUT2D eigenvalue weighted by molar-refractivity contribution is 6.38. The second kappa shape index (κ2) is 8.62. The zero-order chi connectivity index (χ0) is 20.9. The van der Waals surface area contributed by atoms with Crippen molar-refractivity contribution in [2.24, 2.45) is 16.1 Å². The summed E-state index contributed by atoms with van der Waals surface area (Å²) in [6, 6.07) is 26.2. The summed E-state index contributed by atoms with van der Waals surface area (Å²) in [5.74, 6) is -2.03. The van der Waals surface area contributed by atoms with Crippen molar-refractivity contribution in [3.05, 3.63) is 120 Å². The van der Waals surface area contributed by atoms with Crippen LogP contribution in [0, 0.1) is 5.92 Å². The molecule has 3 aromatic carbocycles. The Kier molecular flexibility index (Phi) is 5.57. The third-order valence-electron chi connectivity index (χ3n) is 5.18. The zero-order valence-electron chi connectivity index (χ0n) is 16.3. The van der Waals surface area contributed by atoms with Crippen molar-refractivity contribution in [1.82, 2.24) is 0 Å². The molecule has 0 saturated carbocycles. The van der Waals surface area contributed by atoms with Crippen LogP contribution >= 0.6 is 0 Å². The molecule has 0 aromatic heterocycles.